The van der Waals surface area contributed by atoms with Gasteiger partial charge in [0, 0.05) is 10.1 Å². The monoisotopic (exact) mass is 256 g/mol. The van der Waals surface area contributed by atoms with Gasteiger partial charge in [-0.05, 0) is 25.0 Å². The molecule has 2 rings (SSSR count). The zero-order chi connectivity index (χ0) is 11.5. The van der Waals surface area contributed by atoms with Crippen molar-refractivity contribution in [1.82, 2.24) is 0 Å². The van der Waals surface area contributed by atoms with E-state index in [1.165, 1.54) is 0 Å². The molecule has 1 saturated carbocycles. The molecule has 0 saturated heterocycles. The predicted molar refractivity (Wildman–Crippen MR) is 66.1 cm³/mol. The number of hydrogen-bond donors (Lipinski definition) is 1. The van der Waals surface area contributed by atoms with E-state index in [9.17, 15) is 4.79 Å². The summed E-state index contributed by atoms with van der Waals surface area (Å²) in [7, 11) is 0. The van der Waals surface area contributed by atoms with Gasteiger partial charge in [0.25, 0.3) is 0 Å². The summed E-state index contributed by atoms with van der Waals surface area (Å²) in [6.45, 7) is 0. The minimum Gasteiger partial charge on any atom is -0.481 e. The zero-order valence-electron chi connectivity index (χ0n) is 8.73. The van der Waals surface area contributed by atoms with E-state index in [0.29, 0.717) is 5.02 Å². The number of carboxylic acid groups (broad SMARTS) is 1. The van der Waals surface area contributed by atoms with Crippen molar-refractivity contribution in [2.75, 3.05) is 0 Å². The van der Waals surface area contributed by atoms with Crippen molar-refractivity contribution in [3.8, 4) is 0 Å². The molecular weight excluding hydrogens is 244 g/mol. The minimum absolute atomic E-state index is 0.164. The molecule has 0 amide bonds. The maximum Gasteiger partial charge on any atom is 0.307 e. The Bertz CT molecular complexity index is 394. The van der Waals surface area contributed by atoms with Gasteiger partial charge >= 0.3 is 5.97 Å². The summed E-state index contributed by atoms with van der Waals surface area (Å²) in [6.07, 6.45) is 2.75. The second-order valence-electron chi connectivity index (χ2n) is 3.96. The molecule has 2 unspecified atom stereocenters. The Kier molecular flexibility index (Phi) is 3.77. The third-order valence-electron chi connectivity index (χ3n) is 2.88. The van der Waals surface area contributed by atoms with E-state index < -0.39 is 5.97 Å². The molecule has 1 fully saturated rings. The van der Waals surface area contributed by atoms with Crippen molar-refractivity contribution >= 4 is 29.3 Å². The number of aliphatic carboxylic acids is 1. The molecule has 16 heavy (non-hydrogen) atoms. The van der Waals surface area contributed by atoms with Crippen LogP contribution in [-0.2, 0) is 4.79 Å². The topological polar surface area (TPSA) is 37.3 Å². The fourth-order valence-electron chi connectivity index (χ4n) is 2.05. The third kappa shape index (κ3) is 2.53. The highest BCUT2D eigenvalue weighted by Crippen LogP contribution is 2.41. The fraction of sp³-hybridized carbons (Fsp3) is 0.417. The molecular formula is C12H13ClO2S. The molecule has 0 aromatic heterocycles. The smallest absolute Gasteiger partial charge is 0.307 e. The molecule has 2 nitrogen and oxygen atoms in total. The van der Waals surface area contributed by atoms with Crippen LogP contribution in [0.1, 0.15) is 19.3 Å². The summed E-state index contributed by atoms with van der Waals surface area (Å²) in [5, 5.41) is 9.96. The van der Waals surface area contributed by atoms with Crippen LogP contribution in [0.5, 0.6) is 0 Å². The molecule has 1 N–H and O–H groups in total. The highest BCUT2D eigenvalue weighted by atomic mass is 35.5. The summed E-state index contributed by atoms with van der Waals surface area (Å²) in [4.78, 5) is 12.0. The Morgan fingerprint density at radius 1 is 1.38 bits per heavy atom. The van der Waals surface area contributed by atoms with Gasteiger partial charge in [-0.2, -0.15) is 0 Å². The molecule has 1 aromatic rings. The minimum atomic E-state index is -0.679. The Morgan fingerprint density at radius 3 is 2.81 bits per heavy atom. The molecule has 0 aliphatic heterocycles. The van der Waals surface area contributed by atoms with Crippen LogP contribution in [0.2, 0.25) is 5.02 Å². The third-order valence-corrected chi connectivity index (χ3v) is 4.80. The number of carboxylic acids is 1. The summed E-state index contributed by atoms with van der Waals surface area (Å²) in [5.41, 5.74) is 0. The van der Waals surface area contributed by atoms with Gasteiger partial charge in [0.2, 0.25) is 0 Å². The average molecular weight is 257 g/mol. The van der Waals surface area contributed by atoms with E-state index in [1.807, 2.05) is 24.3 Å². The Labute approximate surface area is 104 Å². The molecule has 86 valence electrons. The highest BCUT2D eigenvalue weighted by molar-refractivity contribution is 8.00. The number of rotatable bonds is 3. The number of benzene rings is 1. The molecule has 4 heteroatoms. The zero-order valence-corrected chi connectivity index (χ0v) is 10.3. The molecule has 0 spiro atoms. The summed E-state index contributed by atoms with van der Waals surface area (Å²) < 4.78 is 0. The van der Waals surface area contributed by atoms with Gasteiger partial charge in [0.15, 0.2) is 0 Å². The quantitative estimate of drug-likeness (QED) is 0.896. The van der Waals surface area contributed by atoms with E-state index >= 15 is 0 Å². The van der Waals surface area contributed by atoms with E-state index in [0.717, 1.165) is 24.2 Å². The first-order valence-corrected chi connectivity index (χ1v) is 6.58. The van der Waals surface area contributed by atoms with Gasteiger partial charge in [-0.15, -0.1) is 11.8 Å². The lowest BCUT2D eigenvalue weighted by molar-refractivity contribution is -0.141. The Morgan fingerprint density at radius 2 is 2.12 bits per heavy atom. The number of thioether (sulfide) groups is 1. The Hall–Kier alpha value is -0.670. The first-order chi connectivity index (χ1) is 7.68. The van der Waals surface area contributed by atoms with Gasteiger partial charge in [-0.3, -0.25) is 4.79 Å². The SMILES string of the molecule is O=C(O)C1CCCC1Sc1ccccc1Cl. The van der Waals surface area contributed by atoms with Crippen molar-refractivity contribution in [1.29, 1.82) is 0 Å². The lowest BCUT2D eigenvalue weighted by Gasteiger charge is -2.15. The van der Waals surface area contributed by atoms with Gasteiger partial charge < -0.3 is 5.11 Å². The second-order valence-corrected chi connectivity index (χ2v) is 5.65. The number of carbonyl (C=O) groups is 1. The lowest BCUT2D eigenvalue weighted by atomic mass is 10.1. The second kappa shape index (κ2) is 5.11. The molecule has 1 aromatic carbocycles. The van der Waals surface area contributed by atoms with Crippen LogP contribution >= 0.6 is 23.4 Å². The molecule has 0 heterocycles. The van der Waals surface area contributed by atoms with Crippen LogP contribution in [0, 0.1) is 5.92 Å². The maximum absolute atomic E-state index is 11.0. The van der Waals surface area contributed by atoms with Crippen LogP contribution in [0.15, 0.2) is 29.2 Å². The highest BCUT2D eigenvalue weighted by Gasteiger charge is 2.33. The van der Waals surface area contributed by atoms with Crippen molar-refractivity contribution in [2.45, 2.75) is 29.4 Å². The van der Waals surface area contributed by atoms with Gasteiger partial charge in [-0.1, -0.05) is 30.2 Å². The number of halogens is 1. The maximum atomic E-state index is 11.0. The fourth-order valence-corrected chi connectivity index (χ4v) is 3.69. The van der Waals surface area contributed by atoms with Gasteiger partial charge in [0.05, 0.1) is 10.9 Å². The largest absolute Gasteiger partial charge is 0.481 e. The van der Waals surface area contributed by atoms with E-state index in [4.69, 9.17) is 16.7 Å². The molecule has 2 atom stereocenters. The molecule has 1 aliphatic carbocycles. The lowest BCUT2D eigenvalue weighted by Crippen LogP contribution is -2.19. The molecule has 0 bridgehead atoms. The van der Waals surface area contributed by atoms with Crippen molar-refractivity contribution in [3.63, 3.8) is 0 Å². The predicted octanol–water partition coefficient (Wildman–Crippen LogP) is 3.69. The summed E-state index contributed by atoms with van der Waals surface area (Å²) in [6, 6.07) is 7.60. The molecule has 0 radical (unpaired) electrons. The summed E-state index contributed by atoms with van der Waals surface area (Å²) >= 11 is 7.66. The summed E-state index contributed by atoms with van der Waals surface area (Å²) in [5.74, 6) is -0.900. The van der Waals surface area contributed by atoms with Crippen LogP contribution in [0.25, 0.3) is 0 Å². The molecule has 1 aliphatic rings. The first-order valence-electron chi connectivity index (χ1n) is 5.32. The first kappa shape index (κ1) is 11.8. The van der Waals surface area contributed by atoms with Gasteiger partial charge in [-0.25, -0.2) is 0 Å². The van der Waals surface area contributed by atoms with Gasteiger partial charge in [0.1, 0.15) is 0 Å². The van der Waals surface area contributed by atoms with Crippen molar-refractivity contribution in [3.05, 3.63) is 29.3 Å². The van der Waals surface area contributed by atoms with Crippen LogP contribution in [-0.4, -0.2) is 16.3 Å². The van der Waals surface area contributed by atoms with Crippen LogP contribution in [0.4, 0.5) is 0 Å². The van der Waals surface area contributed by atoms with Crippen LogP contribution in [0.3, 0.4) is 0 Å². The van der Waals surface area contributed by atoms with E-state index in [1.54, 1.807) is 11.8 Å². The van der Waals surface area contributed by atoms with E-state index in [2.05, 4.69) is 0 Å². The normalized spacial score (nSPS) is 24.6. The standard InChI is InChI=1S/C12H13ClO2S/c13-9-5-1-2-6-11(9)16-10-7-3-4-8(10)12(14)15/h1-2,5-6,8,10H,3-4,7H2,(H,14,15). The number of hydrogen-bond acceptors (Lipinski definition) is 2. The Balaban J connectivity index is 2.10. The van der Waals surface area contributed by atoms with Crippen LogP contribution < -0.4 is 0 Å². The van der Waals surface area contributed by atoms with Crippen molar-refractivity contribution < 1.29 is 9.90 Å². The van der Waals surface area contributed by atoms with E-state index in [-0.39, 0.29) is 11.2 Å². The van der Waals surface area contributed by atoms with Crippen molar-refractivity contribution in [2.24, 2.45) is 5.92 Å². The average Bonchev–Trinajstić information content (AvgIpc) is 2.69.